The summed E-state index contributed by atoms with van der Waals surface area (Å²) in [6, 6.07) is 13.2. The fraction of sp³-hybridized carbons (Fsp3) is 0.586. The molecule has 0 aliphatic heterocycles. The Morgan fingerprint density at radius 1 is 0.844 bits per heavy atom. The molecule has 1 nitrogen and oxygen atoms in total. The van der Waals surface area contributed by atoms with E-state index in [2.05, 4.69) is 6.92 Å². The second-order valence-corrected chi connectivity index (χ2v) is 10.1. The smallest absolute Gasteiger partial charge is 0.129 e. The molecular weight excluding hydrogens is 402 g/mol. The fourth-order valence-corrected chi connectivity index (χ4v) is 6.15. The fourth-order valence-electron chi connectivity index (χ4n) is 6.15. The molecule has 2 fully saturated rings. The van der Waals surface area contributed by atoms with E-state index in [-0.39, 0.29) is 29.0 Å². The summed E-state index contributed by atoms with van der Waals surface area (Å²) in [6.07, 6.45) is 10.3. The van der Waals surface area contributed by atoms with Crippen LogP contribution >= 0.6 is 0 Å². The Morgan fingerprint density at radius 2 is 1.41 bits per heavy atom. The highest BCUT2D eigenvalue weighted by Crippen LogP contribution is 2.43. The Hall–Kier alpha value is -1.74. The third-order valence-electron chi connectivity index (χ3n) is 8.07. The third-order valence-corrected chi connectivity index (χ3v) is 8.07. The lowest BCUT2D eigenvalue weighted by Crippen LogP contribution is -2.28. The van der Waals surface area contributed by atoms with E-state index in [4.69, 9.17) is 4.74 Å². The largest absolute Gasteiger partial charge is 0.379 e. The van der Waals surface area contributed by atoms with Gasteiger partial charge < -0.3 is 4.74 Å². The molecule has 0 bridgehead atoms. The number of hydrogen-bond donors (Lipinski definition) is 0. The van der Waals surface area contributed by atoms with Crippen LogP contribution in [0.3, 0.4) is 0 Å². The molecule has 3 heteroatoms. The van der Waals surface area contributed by atoms with Crippen molar-refractivity contribution in [3.63, 3.8) is 0 Å². The molecule has 32 heavy (non-hydrogen) atoms. The van der Waals surface area contributed by atoms with E-state index in [0.29, 0.717) is 12.5 Å². The predicted molar refractivity (Wildman–Crippen MR) is 127 cm³/mol. The number of hydrogen-bond acceptors (Lipinski definition) is 1. The normalized spacial score (nSPS) is 27.2. The summed E-state index contributed by atoms with van der Waals surface area (Å²) in [5, 5.41) is 0. The Bertz CT molecular complexity index is 826. The SMILES string of the molecule is CCOC1CCC(C2CCC(c3cc(F)c(C[C@@H](C)c4ccccc4)c(F)c3)CC2)CC1. The van der Waals surface area contributed by atoms with E-state index in [1.54, 1.807) is 12.1 Å². The van der Waals surface area contributed by atoms with Gasteiger partial charge in [0.15, 0.2) is 0 Å². The molecular formula is C29H38F2O. The average Bonchev–Trinajstić information content (AvgIpc) is 2.82. The number of benzene rings is 2. The lowest BCUT2D eigenvalue weighted by molar-refractivity contribution is 0.0146. The zero-order valence-electron chi connectivity index (χ0n) is 19.7. The second-order valence-electron chi connectivity index (χ2n) is 10.1. The number of rotatable bonds is 7. The highest BCUT2D eigenvalue weighted by molar-refractivity contribution is 5.31. The molecule has 0 unspecified atom stereocenters. The van der Waals surface area contributed by atoms with Crippen LogP contribution in [-0.4, -0.2) is 12.7 Å². The molecule has 0 heterocycles. The van der Waals surface area contributed by atoms with Crippen LogP contribution in [0.5, 0.6) is 0 Å². The van der Waals surface area contributed by atoms with Gasteiger partial charge in [-0.2, -0.15) is 0 Å². The van der Waals surface area contributed by atoms with Gasteiger partial charge in [0.1, 0.15) is 11.6 Å². The first-order valence-corrected chi connectivity index (χ1v) is 12.7. The van der Waals surface area contributed by atoms with Gasteiger partial charge in [-0.3, -0.25) is 0 Å². The summed E-state index contributed by atoms with van der Waals surface area (Å²) >= 11 is 0. The van der Waals surface area contributed by atoms with Crippen molar-refractivity contribution >= 4 is 0 Å². The monoisotopic (exact) mass is 440 g/mol. The lowest BCUT2D eigenvalue weighted by Gasteiger charge is -2.38. The van der Waals surface area contributed by atoms with Crippen LogP contribution in [-0.2, 0) is 11.2 Å². The summed E-state index contributed by atoms with van der Waals surface area (Å²) in [6.45, 7) is 4.93. The van der Waals surface area contributed by atoms with Gasteiger partial charge in [-0.1, -0.05) is 37.3 Å². The molecule has 1 atom stereocenters. The average molecular weight is 441 g/mol. The van der Waals surface area contributed by atoms with Crippen molar-refractivity contribution in [2.45, 2.75) is 89.6 Å². The first-order chi connectivity index (χ1) is 15.5. The van der Waals surface area contributed by atoms with Gasteiger partial charge >= 0.3 is 0 Å². The molecule has 0 saturated heterocycles. The van der Waals surface area contributed by atoms with E-state index in [1.165, 1.54) is 38.5 Å². The quantitative estimate of drug-likeness (QED) is 0.422. The first kappa shape index (κ1) is 23.4. The molecule has 2 aliphatic carbocycles. The Labute approximate surface area is 192 Å². The molecule has 0 N–H and O–H groups in total. The van der Waals surface area contributed by atoms with Crippen molar-refractivity contribution in [1.82, 2.24) is 0 Å². The van der Waals surface area contributed by atoms with Crippen LogP contribution in [0.15, 0.2) is 42.5 Å². The Balaban J connectivity index is 1.34. The number of halogens is 2. The molecule has 0 radical (unpaired) electrons. The molecule has 0 amide bonds. The minimum Gasteiger partial charge on any atom is -0.379 e. The maximum Gasteiger partial charge on any atom is 0.129 e. The lowest BCUT2D eigenvalue weighted by atomic mass is 9.69. The molecule has 2 aromatic carbocycles. The minimum absolute atomic E-state index is 0.0827. The van der Waals surface area contributed by atoms with Crippen molar-refractivity contribution < 1.29 is 13.5 Å². The second kappa shape index (κ2) is 10.9. The summed E-state index contributed by atoms with van der Waals surface area (Å²) in [4.78, 5) is 0. The van der Waals surface area contributed by atoms with Crippen molar-refractivity contribution in [2.24, 2.45) is 11.8 Å². The summed E-state index contributed by atoms with van der Waals surface area (Å²) in [5.74, 6) is 1.20. The van der Waals surface area contributed by atoms with E-state index in [0.717, 1.165) is 42.4 Å². The first-order valence-electron chi connectivity index (χ1n) is 12.7. The molecule has 0 spiro atoms. The van der Waals surface area contributed by atoms with Crippen LogP contribution in [0.25, 0.3) is 0 Å². The zero-order valence-corrected chi connectivity index (χ0v) is 19.7. The molecule has 2 saturated carbocycles. The van der Waals surface area contributed by atoms with E-state index in [9.17, 15) is 8.78 Å². The Morgan fingerprint density at radius 3 is 1.97 bits per heavy atom. The molecule has 2 aromatic rings. The third kappa shape index (κ3) is 5.60. The van der Waals surface area contributed by atoms with E-state index < -0.39 is 0 Å². The van der Waals surface area contributed by atoms with Crippen molar-refractivity contribution in [3.8, 4) is 0 Å². The van der Waals surface area contributed by atoms with Crippen LogP contribution in [0.4, 0.5) is 8.78 Å². The van der Waals surface area contributed by atoms with Crippen molar-refractivity contribution in [3.05, 3.63) is 70.8 Å². The highest BCUT2D eigenvalue weighted by Gasteiger charge is 2.32. The standard InChI is InChI=1S/C29H38F2O/c1-3-32-26-15-13-23(14-16-26)22-9-11-24(12-10-22)25-18-28(30)27(29(31)19-25)17-20(2)21-7-5-4-6-8-21/h4-8,18-20,22-24,26H,3,9-17H2,1-2H3/t20-,22?,23?,24?,26?/m1/s1. The molecule has 4 rings (SSSR count). The van der Waals surface area contributed by atoms with E-state index in [1.807, 2.05) is 37.3 Å². The van der Waals surface area contributed by atoms with Gasteiger partial charge in [-0.05, 0) is 112 Å². The molecule has 0 aromatic heterocycles. The Kier molecular flexibility index (Phi) is 7.99. The molecule has 2 aliphatic rings. The van der Waals surface area contributed by atoms with Gasteiger partial charge in [0, 0.05) is 12.2 Å². The number of ether oxygens (including phenoxy) is 1. The van der Waals surface area contributed by atoms with Gasteiger partial charge in [-0.15, -0.1) is 0 Å². The van der Waals surface area contributed by atoms with Crippen LogP contribution in [0, 0.1) is 23.5 Å². The van der Waals surface area contributed by atoms with Gasteiger partial charge in [0.05, 0.1) is 6.10 Å². The van der Waals surface area contributed by atoms with Gasteiger partial charge in [0.2, 0.25) is 0 Å². The molecule has 174 valence electrons. The maximum atomic E-state index is 15.0. The minimum atomic E-state index is -0.376. The van der Waals surface area contributed by atoms with Crippen LogP contribution in [0.2, 0.25) is 0 Å². The van der Waals surface area contributed by atoms with Crippen LogP contribution < -0.4 is 0 Å². The zero-order chi connectivity index (χ0) is 22.5. The summed E-state index contributed by atoms with van der Waals surface area (Å²) in [5.41, 5.74) is 2.20. The van der Waals surface area contributed by atoms with Gasteiger partial charge in [0.25, 0.3) is 0 Å². The summed E-state index contributed by atoms with van der Waals surface area (Å²) in [7, 11) is 0. The van der Waals surface area contributed by atoms with Crippen molar-refractivity contribution in [1.29, 1.82) is 0 Å². The predicted octanol–water partition coefficient (Wildman–Crippen LogP) is 8.18. The van der Waals surface area contributed by atoms with E-state index >= 15 is 0 Å². The highest BCUT2D eigenvalue weighted by atomic mass is 19.1. The summed E-state index contributed by atoms with van der Waals surface area (Å²) < 4.78 is 35.7. The van der Waals surface area contributed by atoms with Crippen molar-refractivity contribution in [2.75, 3.05) is 6.61 Å². The van der Waals surface area contributed by atoms with Crippen LogP contribution in [0.1, 0.15) is 93.7 Å². The van der Waals surface area contributed by atoms with Gasteiger partial charge in [-0.25, -0.2) is 8.78 Å². The topological polar surface area (TPSA) is 9.23 Å². The maximum absolute atomic E-state index is 15.0.